The highest BCUT2D eigenvalue weighted by Gasteiger charge is 2.27. The van der Waals surface area contributed by atoms with Crippen molar-refractivity contribution >= 4 is 23.2 Å². The average molecular weight is 402 g/mol. The number of amides is 2. The minimum atomic E-state index is -1.06. The van der Waals surface area contributed by atoms with E-state index in [4.69, 9.17) is 0 Å². The van der Waals surface area contributed by atoms with Crippen molar-refractivity contribution in [2.45, 2.75) is 0 Å². The summed E-state index contributed by atoms with van der Waals surface area (Å²) in [5.41, 5.74) is 1.20. The van der Waals surface area contributed by atoms with E-state index in [1.165, 1.54) is 11.0 Å². The van der Waals surface area contributed by atoms with Crippen molar-refractivity contribution in [3.63, 3.8) is 0 Å². The van der Waals surface area contributed by atoms with E-state index >= 15 is 0 Å². The Morgan fingerprint density at radius 2 is 1.68 bits per heavy atom. The lowest BCUT2D eigenvalue weighted by Gasteiger charge is -2.34. The van der Waals surface area contributed by atoms with Crippen LogP contribution in [-0.2, 0) is 0 Å². The number of carbonyl (C=O) groups excluding carboxylic acids is 2. The van der Waals surface area contributed by atoms with E-state index in [0.717, 1.165) is 22.7 Å². The van der Waals surface area contributed by atoms with E-state index in [1.807, 2.05) is 17.5 Å². The lowest BCUT2D eigenvalue weighted by molar-refractivity contribution is 0.0532. The molecule has 4 rings (SSSR count). The number of rotatable bonds is 3. The highest BCUT2D eigenvalue weighted by molar-refractivity contribution is 7.13. The van der Waals surface area contributed by atoms with Crippen LogP contribution >= 0.6 is 11.3 Å². The number of aromatic amines is 1. The second-order valence-corrected chi connectivity index (χ2v) is 7.31. The van der Waals surface area contributed by atoms with Crippen molar-refractivity contribution in [3.05, 3.63) is 64.7 Å². The third-order valence-electron chi connectivity index (χ3n) is 4.60. The number of carbonyl (C=O) groups is 2. The van der Waals surface area contributed by atoms with Gasteiger partial charge < -0.3 is 9.80 Å². The van der Waals surface area contributed by atoms with Crippen molar-refractivity contribution in [2.75, 3.05) is 26.2 Å². The van der Waals surface area contributed by atoms with Crippen LogP contribution in [0.4, 0.5) is 8.78 Å². The molecular weight excluding hydrogens is 386 g/mol. The van der Waals surface area contributed by atoms with Crippen LogP contribution in [0, 0.1) is 11.6 Å². The molecule has 144 valence electrons. The molecule has 1 saturated heterocycles. The second kappa shape index (κ2) is 7.51. The number of nitrogens with one attached hydrogen (secondary N) is 1. The Kier molecular flexibility index (Phi) is 4.91. The predicted octanol–water partition coefficient (Wildman–Crippen LogP) is 3.01. The number of H-pyrrole nitrogens is 1. The zero-order valence-electron chi connectivity index (χ0n) is 14.7. The van der Waals surface area contributed by atoms with Gasteiger partial charge in [-0.2, -0.15) is 5.10 Å². The Hall–Kier alpha value is -3.07. The molecule has 9 heteroatoms. The number of hydrogen-bond acceptors (Lipinski definition) is 4. The molecule has 28 heavy (non-hydrogen) atoms. The fraction of sp³-hybridized carbons (Fsp3) is 0.211. The van der Waals surface area contributed by atoms with Crippen LogP contribution in [0.2, 0.25) is 0 Å². The molecule has 1 aliphatic rings. The molecule has 0 radical (unpaired) electrons. The van der Waals surface area contributed by atoms with E-state index in [-0.39, 0.29) is 17.4 Å². The normalized spacial score (nSPS) is 14.4. The van der Waals surface area contributed by atoms with E-state index in [1.54, 1.807) is 22.3 Å². The van der Waals surface area contributed by atoms with Gasteiger partial charge in [0.25, 0.3) is 11.8 Å². The lowest BCUT2D eigenvalue weighted by atomic mass is 10.1. The summed E-state index contributed by atoms with van der Waals surface area (Å²) in [7, 11) is 0. The molecule has 1 aliphatic heterocycles. The van der Waals surface area contributed by atoms with Crippen molar-refractivity contribution < 1.29 is 18.4 Å². The number of aromatic nitrogens is 2. The van der Waals surface area contributed by atoms with Crippen molar-refractivity contribution in [1.82, 2.24) is 20.0 Å². The molecule has 3 heterocycles. The van der Waals surface area contributed by atoms with Gasteiger partial charge in [-0.15, -0.1) is 11.3 Å². The first-order valence-corrected chi connectivity index (χ1v) is 9.54. The van der Waals surface area contributed by atoms with Gasteiger partial charge in [-0.25, -0.2) is 8.78 Å². The molecule has 0 aliphatic carbocycles. The zero-order chi connectivity index (χ0) is 19.7. The summed E-state index contributed by atoms with van der Waals surface area (Å²) in [5.74, 6) is -2.64. The molecule has 0 bridgehead atoms. The van der Waals surface area contributed by atoms with Gasteiger partial charge in [0.2, 0.25) is 0 Å². The quantitative estimate of drug-likeness (QED) is 0.732. The van der Waals surface area contributed by atoms with Crippen molar-refractivity contribution in [2.24, 2.45) is 0 Å². The Bertz CT molecular complexity index is 1010. The first-order valence-electron chi connectivity index (χ1n) is 8.66. The Morgan fingerprint density at radius 3 is 2.32 bits per heavy atom. The number of thiophene rings is 1. The standard InChI is InChI=1S/C19H16F2N4O2S/c20-13-4-3-12(10-14(13)21)18(26)24-5-7-25(8-6-24)19(27)16-11-15(22-23-16)17-2-1-9-28-17/h1-4,9-11H,5-8H2,(H,22,23). The molecule has 0 saturated carbocycles. The molecule has 6 nitrogen and oxygen atoms in total. The van der Waals surface area contributed by atoms with E-state index in [2.05, 4.69) is 10.2 Å². The molecule has 0 atom stereocenters. The molecule has 1 aromatic carbocycles. The summed E-state index contributed by atoms with van der Waals surface area (Å²) in [4.78, 5) is 29.3. The van der Waals surface area contributed by atoms with Gasteiger partial charge >= 0.3 is 0 Å². The number of halogens is 2. The van der Waals surface area contributed by atoms with Crippen LogP contribution in [0.15, 0.2) is 41.8 Å². The van der Waals surface area contributed by atoms with Crippen LogP contribution < -0.4 is 0 Å². The average Bonchev–Trinajstić information content (AvgIpc) is 3.41. The lowest BCUT2D eigenvalue weighted by Crippen LogP contribution is -2.50. The second-order valence-electron chi connectivity index (χ2n) is 6.36. The Balaban J connectivity index is 1.39. The summed E-state index contributed by atoms with van der Waals surface area (Å²) in [5, 5.41) is 8.91. The summed E-state index contributed by atoms with van der Waals surface area (Å²) in [6, 6.07) is 8.66. The van der Waals surface area contributed by atoms with Gasteiger partial charge in [0, 0.05) is 31.7 Å². The Labute approximate surface area is 163 Å². The maximum atomic E-state index is 13.4. The molecule has 1 N–H and O–H groups in total. The first kappa shape index (κ1) is 18.3. The van der Waals surface area contributed by atoms with E-state index in [0.29, 0.717) is 31.9 Å². The summed E-state index contributed by atoms with van der Waals surface area (Å²) in [6.07, 6.45) is 0. The zero-order valence-corrected chi connectivity index (χ0v) is 15.5. The number of benzene rings is 1. The van der Waals surface area contributed by atoms with Crippen LogP contribution in [0.5, 0.6) is 0 Å². The van der Waals surface area contributed by atoms with Crippen LogP contribution in [0.25, 0.3) is 10.6 Å². The topological polar surface area (TPSA) is 69.3 Å². The van der Waals surface area contributed by atoms with Gasteiger partial charge in [-0.3, -0.25) is 14.7 Å². The maximum absolute atomic E-state index is 13.4. The van der Waals surface area contributed by atoms with Crippen LogP contribution in [-0.4, -0.2) is 58.0 Å². The van der Waals surface area contributed by atoms with Crippen LogP contribution in [0.3, 0.4) is 0 Å². The Morgan fingerprint density at radius 1 is 0.964 bits per heavy atom. The SMILES string of the molecule is O=C(c1ccc(F)c(F)c1)N1CCN(C(=O)c2cc(-c3cccs3)[nH]n2)CC1. The highest BCUT2D eigenvalue weighted by Crippen LogP contribution is 2.23. The molecular formula is C19H16F2N4O2S. The summed E-state index contributed by atoms with van der Waals surface area (Å²) >= 11 is 1.55. The number of nitrogens with zero attached hydrogens (tertiary/aromatic N) is 3. The molecule has 0 unspecified atom stereocenters. The third-order valence-corrected chi connectivity index (χ3v) is 5.51. The monoisotopic (exact) mass is 402 g/mol. The van der Waals surface area contributed by atoms with Crippen molar-refractivity contribution in [1.29, 1.82) is 0 Å². The molecule has 3 aromatic rings. The summed E-state index contributed by atoms with van der Waals surface area (Å²) < 4.78 is 26.4. The number of hydrogen-bond donors (Lipinski definition) is 1. The van der Waals surface area contributed by atoms with Crippen LogP contribution in [0.1, 0.15) is 20.8 Å². The van der Waals surface area contributed by atoms with E-state index in [9.17, 15) is 18.4 Å². The maximum Gasteiger partial charge on any atom is 0.274 e. The fourth-order valence-corrected chi connectivity index (χ4v) is 3.77. The van der Waals surface area contributed by atoms with Gasteiger partial charge in [-0.1, -0.05) is 6.07 Å². The minimum Gasteiger partial charge on any atom is -0.335 e. The van der Waals surface area contributed by atoms with Gasteiger partial charge in [-0.05, 0) is 35.7 Å². The van der Waals surface area contributed by atoms with Crippen molar-refractivity contribution in [3.8, 4) is 10.6 Å². The van der Waals surface area contributed by atoms with Gasteiger partial charge in [0.05, 0.1) is 10.6 Å². The first-order chi connectivity index (χ1) is 13.5. The largest absolute Gasteiger partial charge is 0.335 e. The summed E-state index contributed by atoms with van der Waals surface area (Å²) in [6.45, 7) is 1.31. The molecule has 0 spiro atoms. The van der Waals surface area contributed by atoms with Gasteiger partial charge in [0.1, 0.15) is 0 Å². The van der Waals surface area contributed by atoms with E-state index < -0.39 is 11.6 Å². The highest BCUT2D eigenvalue weighted by atomic mass is 32.1. The number of piperazine rings is 1. The van der Waals surface area contributed by atoms with Gasteiger partial charge in [0.15, 0.2) is 17.3 Å². The predicted molar refractivity (Wildman–Crippen MR) is 100 cm³/mol. The molecule has 2 aromatic heterocycles. The smallest absolute Gasteiger partial charge is 0.274 e. The third kappa shape index (κ3) is 3.53. The minimum absolute atomic E-state index is 0.0894. The fourth-order valence-electron chi connectivity index (χ4n) is 3.08. The molecule has 2 amide bonds. The molecule has 1 fully saturated rings.